The van der Waals surface area contributed by atoms with Crippen LogP contribution in [0.2, 0.25) is 0 Å². The van der Waals surface area contributed by atoms with Gasteiger partial charge in [-0.25, -0.2) is 0 Å². The molecule has 0 aliphatic carbocycles. The summed E-state index contributed by atoms with van der Waals surface area (Å²) in [4.78, 5) is 6.88. The number of hydrogen-bond acceptors (Lipinski definition) is 4. The molecule has 3 rings (SSSR count). The van der Waals surface area contributed by atoms with E-state index in [-0.39, 0.29) is 6.04 Å². The van der Waals surface area contributed by atoms with E-state index in [1.54, 1.807) is 0 Å². The maximum Gasteiger partial charge on any atom is 0.0504 e. The Labute approximate surface area is 115 Å². The molecule has 0 amide bonds. The minimum Gasteiger partial charge on any atom is -0.300 e. The summed E-state index contributed by atoms with van der Waals surface area (Å²) in [6.45, 7) is 2.09. The maximum atomic E-state index is 5.84. The van der Waals surface area contributed by atoms with Gasteiger partial charge in [-0.3, -0.25) is 16.3 Å². The SMILES string of the molecule is Cc1cncc(C(NN)C2CC3CCC(C2)N3C)c1. The highest BCUT2D eigenvalue weighted by molar-refractivity contribution is 5.21. The smallest absolute Gasteiger partial charge is 0.0504 e. The molecule has 3 heterocycles. The lowest BCUT2D eigenvalue weighted by molar-refractivity contribution is 0.112. The van der Waals surface area contributed by atoms with Crippen LogP contribution >= 0.6 is 0 Å². The zero-order chi connectivity index (χ0) is 13.4. The van der Waals surface area contributed by atoms with Crippen LogP contribution in [0.1, 0.15) is 42.9 Å². The third kappa shape index (κ3) is 2.40. The number of aryl methyl sites for hydroxylation is 1. The molecule has 0 spiro atoms. The van der Waals surface area contributed by atoms with Gasteiger partial charge in [-0.1, -0.05) is 6.07 Å². The van der Waals surface area contributed by atoms with E-state index in [1.807, 2.05) is 12.4 Å². The Hall–Kier alpha value is -0.970. The Morgan fingerprint density at radius 1 is 1.32 bits per heavy atom. The normalized spacial score (nSPS) is 32.5. The van der Waals surface area contributed by atoms with Crippen molar-refractivity contribution < 1.29 is 0 Å². The van der Waals surface area contributed by atoms with E-state index in [0.717, 1.165) is 12.1 Å². The number of nitrogens with two attached hydrogens (primary N) is 1. The van der Waals surface area contributed by atoms with E-state index in [0.29, 0.717) is 5.92 Å². The average molecular weight is 260 g/mol. The average Bonchev–Trinajstić information content (AvgIpc) is 2.63. The molecule has 3 atom stereocenters. The van der Waals surface area contributed by atoms with Crippen LogP contribution in [0.25, 0.3) is 0 Å². The summed E-state index contributed by atoms with van der Waals surface area (Å²) in [6, 6.07) is 3.94. The largest absolute Gasteiger partial charge is 0.300 e. The van der Waals surface area contributed by atoms with Crippen LogP contribution in [-0.2, 0) is 0 Å². The van der Waals surface area contributed by atoms with Gasteiger partial charge < -0.3 is 4.90 Å². The first-order valence-corrected chi connectivity index (χ1v) is 7.28. The summed E-state index contributed by atoms with van der Waals surface area (Å²) in [5.41, 5.74) is 5.48. The second kappa shape index (κ2) is 5.19. The fourth-order valence-electron chi connectivity index (χ4n) is 3.98. The van der Waals surface area contributed by atoms with Crippen molar-refractivity contribution in [3.63, 3.8) is 0 Å². The van der Waals surface area contributed by atoms with Gasteiger partial charge in [0.2, 0.25) is 0 Å². The number of nitrogens with one attached hydrogen (secondary N) is 1. The minimum absolute atomic E-state index is 0.240. The molecule has 1 aromatic rings. The third-order valence-corrected chi connectivity index (χ3v) is 5.04. The number of pyridine rings is 1. The van der Waals surface area contributed by atoms with E-state index in [4.69, 9.17) is 5.84 Å². The number of fused-ring (bicyclic) bond motifs is 2. The van der Waals surface area contributed by atoms with Crippen molar-refractivity contribution in [2.45, 2.75) is 50.7 Å². The van der Waals surface area contributed by atoms with Gasteiger partial charge in [-0.2, -0.15) is 0 Å². The summed E-state index contributed by atoms with van der Waals surface area (Å²) in [6.07, 6.45) is 9.04. The van der Waals surface area contributed by atoms with Gasteiger partial charge in [0.25, 0.3) is 0 Å². The molecule has 1 aromatic heterocycles. The molecular formula is C15H24N4. The first-order chi connectivity index (χ1) is 9.19. The van der Waals surface area contributed by atoms with Crippen LogP contribution in [0.15, 0.2) is 18.5 Å². The molecule has 2 fully saturated rings. The number of nitrogens with zero attached hydrogens (tertiary/aromatic N) is 2. The zero-order valence-corrected chi connectivity index (χ0v) is 11.8. The summed E-state index contributed by atoms with van der Waals surface area (Å²) in [7, 11) is 2.28. The summed E-state index contributed by atoms with van der Waals surface area (Å²) >= 11 is 0. The van der Waals surface area contributed by atoms with Gasteiger partial charge in [-0.15, -0.1) is 0 Å². The zero-order valence-electron chi connectivity index (χ0n) is 11.8. The molecule has 0 aromatic carbocycles. The van der Waals surface area contributed by atoms with E-state index in [2.05, 4.69) is 35.3 Å². The van der Waals surface area contributed by atoms with Gasteiger partial charge >= 0.3 is 0 Å². The monoisotopic (exact) mass is 260 g/mol. The molecule has 0 radical (unpaired) electrons. The number of aromatic nitrogens is 1. The summed E-state index contributed by atoms with van der Waals surface area (Å²) < 4.78 is 0. The number of rotatable bonds is 3. The van der Waals surface area contributed by atoms with Crippen LogP contribution in [0.5, 0.6) is 0 Å². The van der Waals surface area contributed by atoms with Crippen molar-refractivity contribution in [3.05, 3.63) is 29.6 Å². The fourth-order valence-corrected chi connectivity index (χ4v) is 3.98. The molecule has 4 nitrogen and oxygen atoms in total. The van der Waals surface area contributed by atoms with Gasteiger partial charge in [0.15, 0.2) is 0 Å². The Morgan fingerprint density at radius 3 is 2.58 bits per heavy atom. The molecule has 2 aliphatic rings. The highest BCUT2D eigenvalue weighted by Crippen LogP contribution is 2.42. The van der Waals surface area contributed by atoms with E-state index >= 15 is 0 Å². The van der Waals surface area contributed by atoms with Crippen LogP contribution in [0.4, 0.5) is 0 Å². The minimum atomic E-state index is 0.240. The van der Waals surface area contributed by atoms with Gasteiger partial charge in [0.05, 0.1) is 6.04 Å². The maximum absolute atomic E-state index is 5.84. The second-order valence-corrected chi connectivity index (χ2v) is 6.22. The Morgan fingerprint density at radius 2 is 2.00 bits per heavy atom. The number of hydrazine groups is 1. The molecule has 2 aliphatic heterocycles. The summed E-state index contributed by atoms with van der Waals surface area (Å²) in [5.74, 6) is 6.47. The van der Waals surface area contributed by atoms with Crippen molar-refractivity contribution in [2.75, 3.05) is 7.05 Å². The molecule has 3 unspecified atom stereocenters. The fraction of sp³-hybridized carbons (Fsp3) is 0.667. The Balaban J connectivity index is 1.80. The molecule has 4 heteroatoms. The lowest BCUT2D eigenvalue weighted by atomic mass is 9.82. The molecule has 0 saturated carbocycles. The molecule has 19 heavy (non-hydrogen) atoms. The molecule has 2 saturated heterocycles. The Kier molecular flexibility index (Phi) is 3.56. The Bertz CT molecular complexity index is 434. The number of hydrogen-bond donors (Lipinski definition) is 2. The van der Waals surface area contributed by atoms with Crippen LogP contribution in [0.3, 0.4) is 0 Å². The topological polar surface area (TPSA) is 54.2 Å². The molecule has 104 valence electrons. The van der Waals surface area contributed by atoms with Crippen molar-refractivity contribution in [2.24, 2.45) is 11.8 Å². The van der Waals surface area contributed by atoms with Crippen molar-refractivity contribution in [1.29, 1.82) is 0 Å². The van der Waals surface area contributed by atoms with Gasteiger partial charge in [0.1, 0.15) is 0 Å². The molecule has 2 bridgehead atoms. The lowest BCUT2D eigenvalue weighted by Crippen LogP contribution is -2.45. The quantitative estimate of drug-likeness (QED) is 0.642. The van der Waals surface area contributed by atoms with Crippen LogP contribution in [-0.4, -0.2) is 29.0 Å². The van der Waals surface area contributed by atoms with Gasteiger partial charge in [0, 0.05) is 24.5 Å². The van der Waals surface area contributed by atoms with Crippen molar-refractivity contribution >= 4 is 0 Å². The first kappa shape index (κ1) is 13.0. The van der Waals surface area contributed by atoms with Crippen LogP contribution < -0.4 is 11.3 Å². The standard InChI is InChI=1S/C15H24N4/c1-10-5-12(9-17-8-10)15(18-16)11-6-13-3-4-14(7-11)19(13)2/h5,8-9,11,13-15,18H,3-4,6-7,16H2,1-2H3. The number of piperidine rings is 1. The first-order valence-electron chi connectivity index (χ1n) is 7.28. The highest BCUT2D eigenvalue weighted by atomic mass is 15.2. The van der Waals surface area contributed by atoms with E-state index in [1.165, 1.54) is 36.8 Å². The lowest BCUT2D eigenvalue weighted by Gasteiger charge is -2.39. The highest BCUT2D eigenvalue weighted by Gasteiger charge is 2.41. The van der Waals surface area contributed by atoms with Crippen molar-refractivity contribution in [3.8, 4) is 0 Å². The molecular weight excluding hydrogens is 236 g/mol. The third-order valence-electron chi connectivity index (χ3n) is 5.04. The predicted molar refractivity (Wildman–Crippen MR) is 76.3 cm³/mol. The van der Waals surface area contributed by atoms with Gasteiger partial charge in [-0.05, 0) is 56.7 Å². The van der Waals surface area contributed by atoms with E-state index < -0.39 is 0 Å². The van der Waals surface area contributed by atoms with E-state index in [9.17, 15) is 0 Å². The summed E-state index contributed by atoms with van der Waals surface area (Å²) in [5, 5.41) is 0. The predicted octanol–water partition coefficient (Wildman–Crippen LogP) is 1.77. The molecule has 3 N–H and O–H groups in total. The van der Waals surface area contributed by atoms with Crippen molar-refractivity contribution in [1.82, 2.24) is 15.3 Å². The second-order valence-electron chi connectivity index (χ2n) is 6.22. The van der Waals surface area contributed by atoms with Crippen LogP contribution in [0, 0.1) is 12.8 Å².